The SMILES string of the molecule is O=C(CCc1cscn1)Oc1cccc2c1CCCC2=O. The Balaban J connectivity index is 1.69. The van der Waals surface area contributed by atoms with Crippen molar-refractivity contribution in [2.45, 2.75) is 32.1 Å². The fraction of sp³-hybridized carbons (Fsp3) is 0.312. The van der Waals surface area contributed by atoms with E-state index in [0.29, 0.717) is 30.6 Å². The zero-order chi connectivity index (χ0) is 14.7. The molecule has 0 saturated carbocycles. The summed E-state index contributed by atoms with van der Waals surface area (Å²) in [6, 6.07) is 5.34. The summed E-state index contributed by atoms with van der Waals surface area (Å²) < 4.78 is 5.44. The van der Waals surface area contributed by atoms with Crippen molar-refractivity contribution in [3.05, 3.63) is 45.9 Å². The van der Waals surface area contributed by atoms with Crippen LogP contribution in [0.3, 0.4) is 0 Å². The first kappa shape index (κ1) is 13.9. The van der Waals surface area contributed by atoms with E-state index in [4.69, 9.17) is 4.74 Å². The van der Waals surface area contributed by atoms with Crippen LogP contribution in [0.1, 0.15) is 40.9 Å². The van der Waals surface area contributed by atoms with E-state index < -0.39 is 0 Å². The molecule has 0 radical (unpaired) electrons. The molecule has 1 heterocycles. The van der Waals surface area contributed by atoms with Crippen LogP contribution in [0, 0.1) is 0 Å². The number of Topliss-reactive ketones (excluding diaryl/α,β-unsaturated/α-hetero) is 1. The first-order chi connectivity index (χ1) is 10.2. The molecule has 1 aromatic heterocycles. The summed E-state index contributed by atoms with van der Waals surface area (Å²) in [6.07, 6.45) is 3.06. The van der Waals surface area contributed by atoms with Crippen LogP contribution in [0.15, 0.2) is 29.1 Å². The number of hydrogen-bond acceptors (Lipinski definition) is 5. The van der Waals surface area contributed by atoms with Crippen LogP contribution in [-0.2, 0) is 17.6 Å². The summed E-state index contributed by atoms with van der Waals surface area (Å²) in [5, 5.41) is 1.93. The molecular weight excluding hydrogens is 286 g/mol. The highest BCUT2D eigenvalue weighted by Crippen LogP contribution is 2.29. The van der Waals surface area contributed by atoms with Crippen molar-refractivity contribution in [2.24, 2.45) is 0 Å². The zero-order valence-electron chi connectivity index (χ0n) is 11.5. The third-order valence-electron chi connectivity index (χ3n) is 3.56. The predicted octanol–water partition coefficient (Wildman–Crippen LogP) is 3.20. The van der Waals surface area contributed by atoms with Crippen LogP contribution in [0.25, 0.3) is 0 Å². The minimum atomic E-state index is -0.283. The van der Waals surface area contributed by atoms with Crippen LogP contribution < -0.4 is 4.74 Å². The highest BCUT2D eigenvalue weighted by molar-refractivity contribution is 7.07. The molecule has 0 bridgehead atoms. The van der Waals surface area contributed by atoms with Crippen molar-refractivity contribution < 1.29 is 14.3 Å². The fourth-order valence-corrected chi connectivity index (χ4v) is 3.10. The Morgan fingerprint density at radius 1 is 1.33 bits per heavy atom. The molecule has 21 heavy (non-hydrogen) atoms. The maximum Gasteiger partial charge on any atom is 0.311 e. The van der Waals surface area contributed by atoms with Crippen molar-refractivity contribution >= 4 is 23.1 Å². The highest BCUT2D eigenvalue weighted by atomic mass is 32.1. The minimum Gasteiger partial charge on any atom is -0.426 e. The van der Waals surface area contributed by atoms with Crippen LogP contribution in [0.5, 0.6) is 5.75 Å². The molecule has 2 aromatic rings. The molecule has 0 saturated heterocycles. The van der Waals surface area contributed by atoms with Crippen LogP contribution in [0.4, 0.5) is 0 Å². The summed E-state index contributed by atoms with van der Waals surface area (Å²) in [4.78, 5) is 27.9. The lowest BCUT2D eigenvalue weighted by molar-refractivity contribution is -0.134. The summed E-state index contributed by atoms with van der Waals surface area (Å²) in [6.45, 7) is 0. The summed E-state index contributed by atoms with van der Waals surface area (Å²) in [5.41, 5.74) is 4.23. The summed E-state index contributed by atoms with van der Waals surface area (Å²) in [5.74, 6) is 0.384. The smallest absolute Gasteiger partial charge is 0.311 e. The standard InChI is InChI=1S/C16H15NO3S/c18-14-5-1-4-13-12(14)3-2-6-15(13)20-16(19)8-7-11-9-21-10-17-11/h2-3,6,9-10H,1,4-5,7-8H2. The summed E-state index contributed by atoms with van der Waals surface area (Å²) >= 11 is 1.51. The fourth-order valence-electron chi connectivity index (χ4n) is 2.51. The molecule has 0 fully saturated rings. The van der Waals surface area contributed by atoms with Gasteiger partial charge in [0.15, 0.2) is 5.78 Å². The largest absolute Gasteiger partial charge is 0.426 e. The Morgan fingerprint density at radius 2 is 2.24 bits per heavy atom. The number of hydrogen-bond donors (Lipinski definition) is 0. The van der Waals surface area contributed by atoms with Crippen molar-refractivity contribution in [3.63, 3.8) is 0 Å². The number of aryl methyl sites for hydroxylation is 1. The zero-order valence-corrected chi connectivity index (χ0v) is 12.3. The second kappa shape index (κ2) is 6.18. The Morgan fingerprint density at radius 3 is 3.05 bits per heavy atom. The van der Waals surface area contributed by atoms with Crippen molar-refractivity contribution in [1.29, 1.82) is 0 Å². The van der Waals surface area contributed by atoms with E-state index in [-0.39, 0.29) is 11.8 Å². The van der Waals surface area contributed by atoms with Gasteiger partial charge in [0.1, 0.15) is 5.75 Å². The molecule has 0 atom stereocenters. The van der Waals surface area contributed by atoms with Gasteiger partial charge in [-0.1, -0.05) is 12.1 Å². The molecule has 0 amide bonds. The van der Waals surface area contributed by atoms with E-state index in [1.807, 2.05) is 11.4 Å². The Labute approximate surface area is 126 Å². The lowest BCUT2D eigenvalue weighted by Gasteiger charge is -2.17. The van der Waals surface area contributed by atoms with Crippen molar-refractivity contribution in [1.82, 2.24) is 4.98 Å². The number of carbonyl (C=O) groups is 2. The molecule has 3 rings (SSSR count). The predicted molar refractivity (Wildman–Crippen MR) is 79.8 cm³/mol. The van der Waals surface area contributed by atoms with Gasteiger partial charge in [-0.05, 0) is 18.9 Å². The molecular formula is C16H15NO3S. The van der Waals surface area contributed by atoms with E-state index in [2.05, 4.69) is 4.98 Å². The van der Waals surface area contributed by atoms with Gasteiger partial charge in [-0.2, -0.15) is 0 Å². The van der Waals surface area contributed by atoms with Crippen molar-refractivity contribution in [2.75, 3.05) is 0 Å². The maximum atomic E-state index is 11.9. The third kappa shape index (κ3) is 3.19. The molecule has 0 spiro atoms. The van der Waals surface area contributed by atoms with Gasteiger partial charge in [-0.3, -0.25) is 9.59 Å². The minimum absolute atomic E-state index is 0.136. The molecule has 1 aliphatic rings. The van der Waals surface area contributed by atoms with Gasteiger partial charge < -0.3 is 4.74 Å². The van der Waals surface area contributed by atoms with Crippen LogP contribution in [0.2, 0.25) is 0 Å². The van der Waals surface area contributed by atoms with E-state index in [1.165, 1.54) is 11.3 Å². The number of fused-ring (bicyclic) bond motifs is 1. The highest BCUT2D eigenvalue weighted by Gasteiger charge is 2.21. The Kier molecular flexibility index (Phi) is 4.10. The topological polar surface area (TPSA) is 56.3 Å². The lowest BCUT2D eigenvalue weighted by Crippen LogP contribution is -2.15. The first-order valence-electron chi connectivity index (χ1n) is 6.97. The number of thiazole rings is 1. The number of esters is 1. The number of carbonyl (C=O) groups excluding carboxylic acids is 2. The molecule has 1 aromatic carbocycles. The van der Waals surface area contributed by atoms with Crippen molar-refractivity contribution in [3.8, 4) is 5.75 Å². The Bertz CT molecular complexity index is 664. The average Bonchev–Trinajstić information content (AvgIpc) is 3.00. The van der Waals surface area contributed by atoms with Gasteiger partial charge in [-0.15, -0.1) is 11.3 Å². The molecule has 0 unspecified atom stereocenters. The lowest BCUT2D eigenvalue weighted by atomic mass is 9.90. The van der Waals surface area contributed by atoms with E-state index in [1.54, 1.807) is 17.6 Å². The number of benzene rings is 1. The quantitative estimate of drug-likeness (QED) is 0.643. The molecule has 1 aliphatic carbocycles. The van der Waals surface area contributed by atoms with Gasteiger partial charge in [0, 0.05) is 29.3 Å². The second-order valence-electron chi connectivity index (χ2n) is 5.01. The van der Waals surface area contributed by atoms with E-state index in [0.717, 1.165) is 24.1 Å². The second-order valence-corrected chi connectivity index (χ2v) is 5.73. The van der Waals surface area contributed by atoms with Gasteiger partial charge in [0.25, 0.3) is 0 Å². The number of aromatic nitrogens is 1. The number of nitrogens with zero attached hydrogens (tertiary/aromatic N) is 1. The number of ketones is 1. The van der Waals surface area contributed by atoms with E-state index >= 15 is 0 Å². The molecule has 5 heteroatoms. The van der Waals surface area contributed by atoms with Gasteiger partial charge in [0.05, 0.1) is 17.6 Å². The molecule has 108 valence electrons. The third-order valence-corrected chi connectivity index (χ3v) is 4.19. The van der Waals surface area contributed by atoms with E-state index in [9.17, 15) is 9.59 Å². The van der Waals surface area contributed by atoms with Gasteiger partial charge in [0.2, 0.25) is 0 Å². The summed E-state index contributed by atoms with van der Waals surface area (Å²) in [7, 11) is 0. The maximum absolute atomic E-state index is 11.9. The first-order valence-corrected chi connectivity index (χ1v) is 7.91. The van der Waals surface area contributed by atoms with Gasteiger partial charge in [-0.25, -0.2) is 4.98 Å². The average molecular weight is 301 g/mol. The monoisotopic (exact) mass is 301 g/mol. The molecule has 0 N–H and O–H groups in total. The number of ether oxygens (including phenoxy) is 1. The number of rotatable bonds is 4. The normalized spacial score (nSPS) is 13.8. The van der Waals surface area contributed by atoms with Crippen LogP contribution >= 0.6 is 11.3 Å². The van der Waals surface area contributed by atoms with Gasteiger partial charge >= 0.3 is 5.97 Å². The Hall–Kier alpha value is -2.01. The molecule has 0 aliphatic heterocycles. The molecule has 4 nitrogen and oxygen atoms in total. The van der Waals surface area contributed by atoms with Crippen LogP contribution in [-0.4, -0.2) is 16.7 Å².